The van der Waals surface area contributed by atoms with E-state index >= 15 is 0 Å². The molecular formula is C20H30N2O2. The summed E-state index contributed by atoms with van der Waals surface area (Å²) in [5.41, 5.74) is 2.25. The maximum absolute atomic E-state index is 12.6. The van der Waals surface area contributed by atoms with Crippen molar-refractivity contribution < 1.29 is 9.59 Å². The lowest BCUT2D eigenvalue weighted by atomic mass is 10.1. The minimum Gasteiger partial charge on any atom is -0.352 e. The number of carbonyl (C=O) groups excluding carboxylic acids is 2. The molecule has 0 aromatic heterocycles. The lowest BCUT2D eigenvalue weighted by Crippen LogP contribution is -2.49. The summed E-state index contributed by atoms with van der Waals surface area (Å²) in [5, 5.41) is 3.12. The Morgan fingerprint density at radius 3 is 2.42 bits per heavy atom. The molecule has 4 heteroatoms. The van der Waals surface area contributed by atoms with Crippen molar-refractivity contribution in [3.63, 3.8) is 0 Å². The summed E-state index contributed by atoms with van der Waals surface area (Å²) in [6.07, 6.45) is 5.74. The second-order valence-electron chi connectivity index (χ2n) is 6.92. The van der Waals surface area contributed by atoms with Gasteiger partial charge < -0.3 is 10.2 Å². The zero-order valence-electron chi connectivity index (χ0n) is 15.2. The number of amides is 2. The lowest BCUT2D eigenvalue weighted by molar-refractivity contribution is -0.140. The number of rotatable bonds is 7. The van der Waals surface area contributed by atoms with Crippen molar-refractivity contribution in [2.45, 2.75) is 77.9 Å². The molecular weight excluding hydrogens is 300 g/mol. The van der Waals surface area contributed by atoms with Gasteiger partial charge in [-0.15, -0.1) is 0 Å². The highest BCUT2D eigenvalue weighted by Gasteiger charge is 2.27. The Hall–Kier alpha value is -1.84. The summed E-state index contributed by atoms with van der Waals surface area (Å²) in [4.78, 5) is 26.9. The molecule has 1 aromatic carbocycles. The number of nitrogens with zero attached hydrogens (tertiary/aromatic N) is 1. The summed E-state index contributed by atoms with van der Waals surface area (Å²) < 4.78 is 0. The highest BCUT2D eigenvalue weighted by Crippen LogP contribution is 2.19. The first-order valence-electron chi connectivity index (χ1n) is 9.16. The van der Waals surface area contributed by atoms with Crippen LogP contribution in [0.1, 0.15) is 63.5 Å². The fourth-order valence-electron chi connectivity index (χ4n) is 3.22. The van der Waals surface area contributed by atoms with E-state index in [4.69, 9.17) is 0 Å². The molecule has 0 saturated heterocycles. The third kappa shape index (κ3) is 5.08. The highest BCUT2D eigenvalue weighted by molar-refractivity contribution is 5.87. The Labute approximate surface area is 145 Å². The summed E-state index contributed by atoms with van der Waals surface area (Å²) >= 11 is 0. The van der Waals surface area contributed by atoms with Crippen LogP contribution in [0.3, 0.4) is 0 Å². The van der Waals surface area contributed by atoms with E-state index in [1.165, 1.54) is 18.4 Å². The van der Waals surface area contributed by atoms with E-state index in [0.29, 0.717) is 13.0 Å². The van der Waals surface area contributed by atoms with Gasteiger partial charge in [0.1, 0.15) is 6.04 Å². The Kier molecular flexibility index (Phi) is 6.83. The summed E-state index contributed by atoms with van der Waals surface area (Å²) in [5.74, 6) is 0.0191. The predicted molar refractivity (Wildman–Crippen MR) is 96.5 cm³/mol. The van der Waals surface area contributed by atoms with Gasteiger partial charge in [-0.2, -0.15) is 0 Å². The number of carbonyl (C=O) groups is 2. The molecule has 2 amide bonds. The summed E-state index contributed by atoms with van der Waals surface area (Å²) in [6, 6.07) is 7.99. The Morgan fingerprint density at radius 2 is 1.83 bits per heavy atom. The van der Waals surface area contributed by atoms with Crippen molar-refractivity contribution in [3.05, 3.63) is 35.4 Å². The lowest BCUT2D eigenvalue weighted by Gasteiger charge is -2.29. The Morgan fingerprint density at radius 1 is 1.21 bits per heavy atom. The maximum Gasteiger partial charge on any atom is 0.242 e. The zero-order valence-corrected chi connectivity index (χ0v) is 15.2. The fourth-order valence-corrected chi connectivity index (χ4v) is 3.22. The summed E-state index contributed by atoms with van der Waals surface area (Å²) in [7, 11) is 0. The number of aryl methyl sites for hydroxylation is 1. The van der Waals surface area contributed by atoms with Gasteiger partial charge in [0, 0.05) is 19.0 Å². The molecule has 1 atom stereocenters. The number of nitrogens with one attached hydrogen (secondary N) is 1. The second-order valence-corrected chi connectivity index (χ2v) is 6.92. The third-order valence-electron chi connectivity index (χ3n) is 4.81. The van der Waals surface area contributed by atoms with E-state index < -0.39 is 6.04 Å². The molecule has 1 N–H and O–H groups in total. The van der Waals surface area contributed by atoms with Crippen molar-refractivity contribution in [2.24, 2.45) is 0 Å². The second kappa shape index (κ2) is 8.86. The zero-order chi connectivity index (χ0) is 17.5. The average Bonchev–Trinajstić information content (AvgIpc) is 3.06. The van der Waals surface area contributed by atoms with E-state index in [2.05, 4.69) is 5.32 Å². The van der Waals surface area contributed by atoms with Gasteiger partial charge in [-0.1, -0.05) is 49.6 Å². The largest absolute Gasteiger partial charge is 0.352 e. The van der Waals surface area contributed by atoms with Crippen LogP contribution >= 0.6 is 0 Å². The molecule has 0 aliphatic heterocycles. The standard InChI is InChI=1S/C20H30N2O2/c1-4-7-19(23)22(14-17-12-10-15(2)11-13-17)16(3)20(24)21-18-8-5-6-9-18/h10-13,16,18H,4-9,14H2,1-3H3,(H,21,24)/t16-/m0/s1. The normalized spacial score (nSPS) is 16.0. The average molecular weight is 330 g/mol. The molecule has 1 saturated carbocycles. The molecule has 0 heterocycles. The molecule has 0 spiro atoms. The van der Waals surface area contributed by atoms with Crippen molar-refractivity contribution >= 4 is 11.8 Å². The topological polar surface area (TPSA) is 49.4 Å². The maximum atomic E-state index is 12.6. The van der Waals surface area contributed by atoms with Crippen molar-refractivity contribution in [3.8, 4) is 0 Å². The molecule has 1 aliphatic rings. The van der Waals surface area contributed by atoms with E-state index in [-0.39, 0.29) is 17.9 Å². The van der Waals surface area contributed by atoms with Crippen LogP contribution in [0.5, 0.6) is 0 Å². The highest BCUT2D eigenvalue weighted by atomic mass is 16.2. The molecule has 4 nitrogen and oxygen atoms in total. The first-order valence-corrected chi connectivity index (χ1v) is 9.16. The molecule has 1 aromatic rings. The number of hydrogen-bond acceptors (Lipinski definition) is 2. The van der Waals surface area contributed by atoms with Gasteiger partial charge in [0.2, 0.25) is 11.8 Å². The van der Waals surface area contributed by atoms with Crippen molar-refractivity contribution in [2.75, 3.05) is 0 Å². The minimum absolute atomic E-state index is 0.0292. The van der Waals surface area contributed by atoms with Gasteiger partial charge in [-0.3, -0.25) is 9.59 Å². The fraction of sp³-hybridized carbons (Fsp3) is 0.600. The van der Waals surface area contributed by atoms with E-state index in [1.807, 2.05) is 45.0 Å². The third-order valence-corrected chi connectivity index (χ3v) is 4.81. The molecule has 1 fully saturated rings. The molecule has 0 bridgehead atoms. The van der Waals surface area contributed by atoms with Gasteiger partial charge in [0.25, 0.3) is 0 Å². The van der Waals surface area contributed by atoms with Crippen LogP contribution in [-0.2, 0) is 16.1 Å². The quantitative estimate of drug-likeness (QED) is 0.831. The van der Waals surface area contributed by atoms with E-state index in [1.54, 1.807) is 4.90 Å². The molecule has 0 radical (unpaired) electrons. The number of benzene rings is 1. The Balaban J connectivity index is 2.06. The van der Waals surface area contributed by atoms with Crippen LogP contribution in [0.4, 0.5) is 0 Å². The smallest absolute Gasteiger partial charge is 0.242 e. The van der Waals surface area contributed by atoms with Gasteiger partial charge in [0.05, 0.1) is 0 Å². The molecule has 1 aliphatic carbocycles. The molecule has 24 heavy (non-hydrogen) atoms. The molecule has 132 valence electrons. The first kappa shape index (κ1) is 18.5. The monoisotopic (exact) mass is 330 g/mol. The summed E-state index contributed by atoms with van der Waals surface area (Å²) in [6.45, 7) is 6.36. The van der Waals surface area contributed by atoms with Gasteiger partial charge in [-0.05, 0) is 38.7 Å². The van der Waals surface area contributed by atoms with E-state index in [9.17, 15) is 9.59 Å². The minimum atomic E-state index is -0.439. The van der Waals surface area contributed by atoms with Crippen LogP contribution in [0.2, 0.25) is 0 Å². The van der Waals surface area contributed by atoms with E-state index in [0.717, 1.165) is 24.8 Å². The van der Waals surface area contributed by atoms with Crippen LogP contribution in [0.25, 0.3) is 0 Å². The first-order chi connectivity index (χ1) is 11.5. The van der Waals surface area contributed by atoms with Crippen molar-refractivity contribution in [1.82, 2.24) is 10.2 Å². The number of hydrogen-bond donors (Lipinski definition) is 1. The van der Waals surface area contributed by atoms with Gasteiger partial charge in [-0.25, -0.2) is 0 Å². The SMILES string of the molecule is CCCC(=O)N(Cc1ccc(C)cc1)[C@@H](C)C(=O)NC1CCCC1. The van der Waals surface area contributed by atoms with Crippen LogP contribution < -0.4 is 5.32 Å². The van der Waals surface area contributed by atoms with Crippen LogP contribution in [0, 0.1) is 6.92 Å². The van der Waals surface area contributed by atoms with Crippen LogP contribution in [-0.4, -0.2) is 28.8 Å². The Bertz CT molecular complexity index is 547. The molecule has 0 unspecified atom stereocenters. The predicted octanol–water partition coefficient (Wildman–Crippen LogP) is 3.57. The van der Waals surface area contributed by atoms with Gasteiger partial charge >= 0.3 is 0 Å². The molecule has 2 rings (SSSR count). The van der Waals surface area contributed by atoms with Gasteiger partial charge in [0.15, 0.2) is 0 Å². The van der Waals surface area contributed by atoms with Crippen molar-refractivity contribution in [1.29, 1.82) is 0 Å². The van der Waals surface area contributed by atoms with Crippen LogP contribution in [0.15, 0.2) is 24.3 Å².